The number of carbonyl (C=O) groups is 1. The molecule has 0 bridgehead atoms. The maximum atomic E-state index is 12.1. The van der Waals surface area contributed by atoms with Crippen molar-refractivity contribution in [1.82, 2.24) is 20.5 Å². The minimum atomic E-state index is -0.441. The first-order valence-corrected chi connectivity index (χ1v) is 9.92. The monoisotopic (exact) mass is 381 g/mol. The number of amides is 1. The van der Waals surface area contributed by atoms with Crippen molar-refractivity contribution in [2.45, 2.75) is 52.7 Å². The van der Waals surface area contributed by atoms with Crippen LogP contribution in [0.2, 0.25) is 0 Å². The molecule has 2 rings (SSSR count). The third-order valence-corrected chi connectivity index (χ3v) is 5.04. The lowest BCUT2D eigenvalue weighted by molar-refractivity contribution is 0.0185. The van der Waals surface area contributed by atoms with Crippen molar-refractivity contribution in [2.24, 2.45) is 10.9 Å². The van der Waals surface area contributed by atoms with Gasteiger partial charge in [-0.05, 0) is 46.5 Å². The van der Waals surface area contributed by atoms with Crippen LogP contribution < -0.4 is 10.6 Å². The maximum Gasteiger partial charge on any atom is 0.410 e. The van der Waals surface area contributed by atoms with E-state index in [2.05, 4.69) is 27.5 Å². The number of nitrogens with one attached hydrogen (secondary N) is 2. The summed E-state index contributed by atoms with van der Waals surface area (Å²) in [7, 11) is 1.77. The Labute approximate surface area is 160 Å². The first-order chi connectivity index (χ1) is 12.3. The van der Waals surface area contributed by atoms with Crippen LogP contribution in [0.25, 0.3) is 0 Å². The lowest BCUT2D eigenvalue weighted by Gasteiger charge is -2.33. The van der Waals surface area contributed by atoms with Crippen LogP contribution in [0.15, 0.2) is 11.2 Å². The highest BCUT2D eigenvalue weighted by Crippen LogP contribution is 2.19. The normalized spacial score (nSPS) is 16.5. The second kappa shape index (κ2) is 9.21. The van der Waals surface area contributed by atoms with Gasteiger partial charge in [0.15, 0.2) is 5.96 Å². The molecular weight excluding hydrogens is 350 g/mol. The molecule has 8 heteroatoms. The van der Waals surface area contributed by atoms with E-state index in [1.165, 1.54) is 4.88 Å². The minimum Gasteiger partial charge on any atom is -0.444 e. The standard InChI is InChI=1S/C18H31N5O2S/c1-13-10-20-15(26-13)12-22-16(19-5)21-11-14-6-8-23(9-7-14)17(24)25-18(2,3)4/h10,14H,6-9,11-12H2,1-5H3,(H2,19,21,22). The Kier molecular flexibility index (Phi) is 7.25. The van der Waals surface area contributed by atoms with Gasteiger partial charge in [0.05, 0.1) is 6.54 Å². The number of guanidine groups is 1. The summed E-state index contributed by atoms with van der Waals surface area (Å²) in [6.07, 6.45) is 3.61. The fraction of sp³-hybridized carbons (Fsp3) is 0.722. The number of aryl methyl sites for hydroxylation is 1. The number of thiazole rings is 1. The van der Waals surface area contributed by atoms with Crippen LogP contribution in [0.5, 0.6) is 0 Å². The first kappa shape index (κ1) is 20.5. The molecular formula is C18H31N5O2S. The fourth-order valence-corrected chi connectivity index (χ4v) is 3.48. The summed E-state index contributed by atoms with van der Waals surface area (Å²) in [5.41, 5.74) is -0.441. The topological polar surface area (TPSA) is 78.9 Å². The summed E-state index contributed by atoms with van der Waals surface area (Å²) in [4.78, 5) is 23.7. The molecule has 0 spiro atoms. The highest BCUT2D eigenvalue weighted by molar-refractivity contribution is 7.11. The third kappa shape index (κ3) is 6.82. The SMILES string of the molecule is CN=C(NCc1ncc(C)s1)NCC1CCN(C(=O)OC(C)(C)C)CC1. The Morgan fingerprint density at radius 2 is 2.08 bits per heavy atom. The Balaban J connectivity index is 1.69. The van der Waals surface area contributed by atoms with Gasteiger partial charge < -0.3 is 20.3 Å². The van der Waals surface area contributed by atoms with E-state index in [4.69, 9.17) is 4.74 Å². The van der Waals surface area contributed by atoms with Crippen molar-refractivity contribution in [1.29, 1.82) is 0 Å². The van der Waals surface area contributed by atoms with Gasteiger partial charge in [0.1, 0.15) is 10.6 Å². The number of hydrogen-bond donors (Lipinski definition) is 2. The molecule has 1 aromatic heterocycles. The van der Waals surface area contributed by atoms with E-state index in [-0.39, 0.29) is 6.09 Å². The van der Waals surface area contributed by atoms with Crippen LogP contribution in [0, 0.1) is 12.8 Å². The first-order valence-electron chi connectivity index (χ1n) is 9.10. The Bertz CT molecular complexity index is 615. The van der Waals surface area contributed by atoms with Gasteiger partial charge in [0.25, 0.3) is 0 Å². The highest BCUT2D eigenvalue weighted by atomic mass is 32.1. The molecule has 0 radical (unpaired) electrons. The molecule has 1 aliphatic heterocycles. The van der Waals surface area contributed by atoms with E-state index in [0.717, 1.165) is 43.4 Å². The van der Waals surface area contributed by atoms with Crippen LogP contribution >= 0.6 is 11.3 Å². The Hall–Kier alpha value is -1.83. The minimum absolute atomic E-state index is 0.208. The van der Waals surface area contributed by atoms with E-state index < -0.39 is 5.60 Å². The molecule has 1 fully saturated rings. The molecule has 2 heterocycles. The largest absolute Gasteiger partial charge is 0.444 e. The summed E-state index contributed by atoms with van der Waals surface area (Å²) in [6, 6.07) is 0. The average Bonchev–Trinajstić information content (AvgIpc) is 2.99. The molecule has 1 aliphatic rings. The van der Waals surface area contributed by atoms with Crippen molar-refractivity contribution in [3.63, 3.8) is 0 Å². The summed E-state index contributed by atoms with van der Waals surface area (Å²) in [5.74, 6) is 1.31. The van der Waals surface area contributed by atoms with E-state index in [9.17, 15) is 4.79 Å². The van der Waals surface area contributed by atoms with Crippen LogP contribution in [0.3, 0.4) is 0 Å². The number of aliphatic imine (C=N–C) groups is 1. The van der Waals surface area contributed by atoms with Crippen LogP contribution in [0.1, 0.15) is 43.5 Å². The number of piperidine rings is 1. The molecule has 0 atom stereocenters. The molecule has 26 heavy (non-hydrogen) atoms. The second-order valence-electron chi connectivity index (χ2n) is 7.58. The Morgan fingerprint density at radius 1 is 1.38 bits per heavy atom. The molecule has 0 aliphatic carbocycles. The lowest BCUT2D eigenvalue weighted by atomic mass is 9.97. The Morgan fingerprint density at radius 3 is 2.62 bits per heavy atom. The van der Waals surface area contributed by atoms with Crippen molar-refractivity contribution in [3.8, 4) is 0 Å². The van der Waals surface area contributed by atoms with Crippen LogP contribution in [-0.4, -0.2) is 54.2 Å². The highest BCUT2D eigenvalue weighted by Gasteiger charge is 2.26. The number of nitrogens with zero attached hydrogens (tertiary/aromatic N) is 3. The number of likely N-dealkylation sites (tertiary alicyclic amines) is 1. The van der Waals surface area contributed by atoms with Crippen molar-refractivity contribution in [2.75, 3.05) is 26.7 Å². The zero-order chi connectivity index (χ0) is 19.2. The third-order valence-electron chi connectivity index (χ3n) is 4.12. The number of hydrogen-bond acceptors (Lipinski definition) is 5. The van der Waals surface area contributed by atoms with Gasteiger partial charge in [-0.2, -0.15) is 0 Å². The molecule has 1 aromatic rings. The van der Waals surface area contributed by atoms with Gasteiger partial charge in [0.2, 0.25) is 0 Å². The summed E-state index contributed by atoms with van der Waals surface area (Å²) in [6.45, 7) is 10.7. The molecule has 2 N–H and O–H groups in total. The van der Waals surface area contributed by atoms with Crippen LogP contribution in [0.4, 0.5) is 4.79 Å². The number of ether oxygens (including phenoxy) is 1. The number of rotatable bonds is 4. The summed E-state index contributed by atoms with van der Waals surface area (Å²) in [5, 5.41) is 7.73. The molecule has 1 saturated heterocycles. The van der Waals surface area contributed by atoms with Gasteiger partial charge in [-0.15, -0.1) is 11.3 Å². The van der Waals surface area contributed by atoms with Gasteiger partial charge >= 0.3 is 6.09 Å². The zero-order valence-electron chi connectivity index (χ0n) is 16.5. The van der Waals surface area contributed by atoms with Crippen molar-refractivity contribution in [3.05, 3.63) is 16.1 Å². The van der Waals surface area contributed by atoms with E-state index in [1.54, 1.807) is 23.3 Å². The van der Waals surface area contributed by atoms with Gasteiger partial charge in [0, 0.05) is 37.8 Å². The molecule has 0 unspecified atom stereocenters. The quantitative estimate of drug-likeness (QED) is 0.619. The van der Waals surface area contributed by atoms with E-state index in [1.807, 2.05) is 27.0 Å². The smallest absolute Gasteiger partial charge is 0.410 e. The summed E-state index contributed by atoms with van der Waals surface area (Å²) < 4.78 is 5.44. The van der Waals surface area contributed by atoms with Crippen molar-refractivity contribution < 1.29 is 9.53 Å². The van der Waals surface area contributed by atoms with E-state index in [0.29, 0.717) is 12.5 Å². The molecule has 0 aromatic carbocycles. The molecule has 1 amide bonds. The second-order valence-corrected chi connectivity index (χ2v) is 8.90. The van der Waals surface area contributed by atoms with Crippen LogP contribution in [-0.2, 0) is 11.3 Å². The molecule has 7 nitrogen and oxygen atoms in total. The van der Waals surface area contributed by atoms with Gasteiger partial charge in [-0.1, -0.05) is 0 Å². The average molecular weight is 382 g/mol. The predicted octanol–water partition coefficient (Wildman–Crippen LogP) is 2.76. The summed E-state index contributed by atoms with van der Waals surface area (Å²) >= 11 is 1.69. The number of carbonyl (C=O) groups excluding carboxylic acids is 1. The maximum absolute atomic E-state index is 12.1. The lowest BCUT2D eigenvalue weighted by Crippen LogP contribution is -2.45. The fourth-order valence-electron chi connectivity index (χ4n) is 2.75. The van der Waals surface area contributed by atoms with Gasteiger partial charge in [-0.25, -0.2) is 9.78 Å². The molecule has 0 saturated carbocycles. The van der Waals surface area contributed by atoms with E-state index >= 15 is 0 Å². The zero-order valence-corrected chi connectivity index (χ0v) is 17.3. The molecule has 146 valence electrons. The van der Waals surface area contributed by atoms with Crippen molar-refractivity contribution >= 4 is 23.4 Å². The predicted molar refractivity (Wildman–Crippen MR) is 106 cm³/mol. The van der Waals surface area contributed by atoms with Gasteiger partial charge in [-0.3, -0.25) is 4.99 Å². The number of aromatic nitrogens is 1.